The van der Waals surface area contributed by atoms with Gasteiger partial charge in [0.05, 0.1) is 17.2 Å². The van der Waals surface area contributed by atoms with Crippen LogP contribution in [-0.4, -0.2) is 17.7 Å². The van der Waals surface area contributed by atoms with Crippen molar-refractivity contribution in [2.75, 3.05) is 6.61 Å². The maximum Gasteiger partial charge on any atom is 0.272 e. The molecule has 0 heterocycles. The average molecular weight is 284 g/mol. The monoisotopic (exact) mass is 284 g/mol. The van der Waals surface area contributed by atoms with Gasteiger partial charge in [0, 0.05) is 17.8 Å². The summed E-state index contributed by atoms with van der Waals surface area (Å²) in [5.41, 5.74) is 2.20. The first-order chi connectivity index (χ1) is 10.1. The lowest BCUT2D eigenvalue weighted by Gasteiger charge is -2.02. The van der Waals surface area contributed by atoms with Gasteiger partial charge in [0.25, 0.3) is 5.69 Å². The summed E-state index contributed by atoms with van der Waals surface area (Å²) in [6, 6.07) is 12.4. The molecule has 0 aliphatic carbocycles. The van der Waals surface area contributed by atoms with Gasteiger partial charge in [0.2, 0.25) is 0 Å². The minimum Gasteiger partial charge on any atom is -0.494 e. The molecular formula is C16H16N2O3. The predicted octanol–water partition coefficient (Wildman–Crippen LogP) is 4.05. The molecule has 5 nitrogen and oxygen atoms in total. The number of hydrogen-bond acceptors (Lipinski definition) is 4. The van der Waals surface area contributed by atoms with Crippen molar-refractivity contribution in [3.05, 3.63) is 63.7 Å². The van der Waals surface area contributed by atoms with Gasteiger partial charge in [-0.2, -0.15) is 0 Å². The van der Waals surface area contributed by atoms with E-state index in [4.69, 9.17) is 4.74 Å². The topological polar surface area (TPSA) is 64.7 Å². The van der Waals surface area contributed by atoms with Crippen molar-refractivity contribution >= 4 is 17.6 Å². The van der Waals surface area contributed by atoms with Crippen molar-refractivity contribution in [3.63, 3.8) is 0 Å². The molecule has 2 aromatic rings. The summed E-state index contributed by atoms with van der Waals surface area (Å²) < 4.78 is 5.35. The molecule has 0 saturated carbocycles. The Kier molecular flexibility index (Phi) is 4.66. The van der Waals surface area contributed by atoms with Gasteiger partial charge in [-0.15, -0.1) is 0 Å². The van der Waals surface area contributed by atoms with E-state index in [9.17, 15) is 10.1 Å². The zero-order valence-corrected chi connectivity index (χ0v) is 11.9. The third-order valence-corrected chi connectivity index (χ3v) is 2.94. The van der Waals surface area contributed by atoms with E-state index in [0.717, 1.165) is 11.4 Å². The molecule has 108 valence electrons. The second kappa shape index (κ2) is 6.65. The summed E-state index contributed by atoms with van der Waals surface area (Å²) in [6.45, 7) is 4.26. The van der Waals surface area contributed by atoms with Gasteiger partial charge in [-0.05, 0) is 43.7 Å². The van der Waals surface area contributed by atoms with Crippen LogP contribution in [0.1, 0.15) is 18.1 Å². The van der Waals surface area contributed by atoms with Crippen LogP contribution in [0.3, 0.4) is 0 Å². The number of ether oxygens (including phenoxy) is 1. The molecule has 0 bridgehead atoms. The Morgan fingerprint density at radius 3 is 2.57 bits per heavy atom. The van der Waals surface area contributed by atoms with Crippen molar-refractivity contribution in [1.82, 2.24) is 0 Å². The van der Waals surface area contributed by atoms with Crippen molar-refractivity contribution in [2.45, 2.75) is 13.8 Å². The SMILES string of the molecule is CCOc1ccc(N=Cc2ccc(C)c([N+](=O)[O-])c2)cc1. The summed E-state index contributed by atoms with van der Waals surface area (Å²) in [4.78, 5) is 14.8. The Hall–Kier alpha value is -2.69. The number of aryl methyl sites for hydroxylation is 1. The van der Waals surface area contributed by atoms with Crippen LogP contribution < -0.4 is 4.74 Å². The van der Waals surface area contributed by atoms with E-state index < -0.39 is 0 Å². The van der Waals surface area contributed by atoms with Crippen LogP contribution in [0.4, 0.5) is 11.4 Å². The number of rotatable bonds is 5. The predicted molar refractivity (Wildman–Crippen MR) is 82.7 cm³/mol. The fraction of sp³-hybridized carbons (Fsp3) is 0.188. The lowest BCUT2D eigenvalue weighted by atomic mass is 10.1. The van der Waals surface area contributed by atoms with Crippen molar-refractivity contribution in [1.29, 1.82) is 0 Å². The summed E-state index contributed by atoms with van der Waals surface area (Å²) in [7, 11) is 0. The maximum atomic E-state index is 10.9. The second-order valence-electron chi connectivity index (χ2n) is 4.49. The first-order valence-corrected chi connectivity index (χ1v) is 6.62. The van der Waals surface area contributed by atoms with Gasteiger partial charge in [-0.25, -0.2) is 0 Å². The Labute approximate surface area is 123 Å². The highest BCUT2D eigenvalue weighted by Gasteiger charge is 2.09. The van der Waals surface area contributed by atoms with Crippen LogP contribution in [0.2, 0.25) is 0 Å². The smallest absolute Gasteiger partial charge is 0.272 e. The van der Waals surface area contributed by atoms with Crippen molar-refractivity contribution < 1.29 is 9.66 Å². The van der Waals surface area contributed by atoms with E-state index >= 15 is 0 Å². The van der Waals surface area contributed by atoms with Crippen LogP contribution in [0.5, 0.6) is 5.75 Å². The minimum absolute atomic E-state index is 0.102. The van der Waals surface area contributed by atoms with E-state index in [1.165, 1.54) is 6.07 Å². The number of aliphatic imine (C=N–C) groups is 1. The number of hydrogen-bond donors (Lipinski definition) is 0. The molecule has 0 aliphatic rings. The molecule has 0 unspecified atom stereocenters. The molecule has 0 radical (unpaired) electrons. The Balaban J connectivity index is 2.17. The number of nitrogens with zero attached hydrogens (tertiary/aromatic N) is 2. The summed E-state index contributed by atoms with van der Waals surface area (Å²) in [5.74, 6) is 0.794. The molecule has 0 fully saturated rings. The fourth-order valence-corrected chi connectivity index (χ4v) is 1.85. The summed E-state index contributed by atoms with van der Waals surface area (Å²) >= 11 is 0. The number of nitro benzene ring substituents is 1. The zero-order chi connectivity index (χ0) is 15.2. The third kappa shape index (κ3) is 3.89. The maximum absolute atomic E-state index is 10.9. The molecule has 0 spiro atoms. The zero-order valence-electron chi connectivity index (χ0n) is 11.9. The Morgan fingerprint density at radius 1 is 1.24 bits per heavy atom. The molecule has 0 aliphatic heterocycles. The first-order valence-electron chi connectivity index (χ1n) is 6.62. The van der Waals surface area contributed by atoms with Crippen LogP contribution in [-0.2, 0) is 0 Å². The fourth-order valence-electron chi connectivity index (χ4n) is 1.85. The van der Waals surface area contributed by atoms with E-state index in [0.29, 0.717) is 17.7 Å². The molecule has 2 rings (SSSR count). The van der Waals surface area contributed by atoms with Gasteiger partial charge in [0.15, 0.2) is 0 Å². The molecule has 5 heteroatoms. The van der Waals surface area contributed by atoms with Crippen LogP contribution >= 0.6 is 0 Å². The molecule has 0 amide bonds. The first kappa shape index (κ1) is 14.7. The van der Waals surface area contributed by atoms with Gasteiger partial charge in [0.1, 0.15) is 5.75 Å². The molecule has 0 aromatic heterocycles. The van der Waals surface area contributed by atoms with Gasteiger partial charge in [-0.3, -0.25) is 15.1 Å². The summed E-state index contributed by atoms with van der Waals surface area (Å²) in [5, 5.41) is 10.9. The van der Waals surface area contributed by atoms with E-state index in [1.54, 1.807) is 25.3 Å². The molecule has 0 saturated heterocycles. The Morgan fingerprint density at radius 2 is 1.95 bits per heavy atom. The normalized spacial score (nSPS) is 10.8. The quantitative estimate of drug-likeness (QED) is 0.472. The average Bonchev–Trinajstić information content (AvgIpc) is 2.48. The molecule has 0 atom stereocenters. The molecule has 21 heavy (non-hydrogen) atoms. The highest BCUT2D eigenvalue weighted by Crippen LogP contribution is 2.20. The van der Waals surface area contributed by atoms with Crippen LogP contribution in [0, 0.1) is 17.0 Å². The molecule has 0 N–H and O–H groups in total. The Bertz CT molecular complexity index is 664. The standard InChI is InChI=1S/C16H16N2O3/c1-3-21-15-8-6-14(7-9-15)17-11-13-5-4-12(2)16(10-13)18(19)20/h4-11H,3H2,1-2H3. The molecule has 2 aromatic carbocycles. The van der Waals surface area contributed by atoms with Gasteiger partial charge in [-0.1, -0.05) is 12.1 Å². The lowest BCUT2D eigenvalue weighted by Crippen LogP contribution is -1.93. The van der Waals surface area contributed by atoms with Crippen molar-refractivity contribution in [3.8, 4) is 5.75 Å². The van der Waals surface area contributed by atoms with E-state index in [2.05, 4.69) is 4.99 Å². The molecular weight excluding hydrogens is 268 g/mol. The lowest BCUT2D eigenvalue weighted by molar-refractivity contribution is -0.385. The van der Waals surface area contributed by atoms with E-state index in [-0.39, 0.29) is 10.6 Å². The highest BCUT2D eigenvalue weighted by atomic mass is 16.6. The largest absolute Gasteiger partial charge is 0.494 e. The highest BCUT2D eigenvalue weighted by molar-refractivity contribution is 5.83. The minimum atomic E-state index is -0.385. The second-order valence-corrected chi connectivity index (χ2v) is 4.49. The van der Waals surface area contributed by atoms with Crippen molar-refractivity contribution in [2.24, 2.45) is 4.99 Å². The number of nitro groups is 1. The van der Waals surface area contributed by atoms with Crippen LogP contribution in [0.15, 0.2) is 47.5 Å². The summed E-state index contributed by atoms with van der Waals surface area (Å²) in [6.07, 6.45) is 1.61. The number of benzene rings is 2. The van der Waals surface area contributed by atoms with E-state index in [1.807, 2.05) is 31.2 Å². The van der Waals surface area contributed by atoms with Gasteiger partial charge >= 0.3 is 0 Å². The third-order valence-electron chi connectivity index (χ3n) is 2.94. The van der Waals surface area contributed by atoms with Gasteiger partial charge < -0.3 is 4.74 Å². The van der Waals surface area contributed by atoms with Crippen LogP contribution in [0.25, 0.3) is 0 Å².